The minimum atomic E-state index is -0.342. The molecule has 160 valence electrons. The van der Waals surface area contributed by atoms with Gasteiger partial charge in [0.05, 0.1) is 20.3 Å². The average molecular weight is 412 g/mol. The molecule has 7 nitrogen and oxygen atoms in total. The number of carbonyl (C=O) groups excluding carboxylic acids is 3. The van der Waals surface area contributed by atoms with Crippen LogP contribution < -0.4 is 20.1 Å². The zero-order valence-electron chi connectivity index (χ0n) is 17.4. The van der Waals surface area contributed by atoms with Crippen molar-refractivity contribution < 1.29 is 23.9 Å². The van der Waals surface area contributed by atoms with E-state index in [2.05, 4.69) is 10.6 Å². The number of ether oxygens (including phenoxy) is 2. The van der Waals surface area contributed by atoms with Crippen LogP contribution in [0.3, 0.4) is 0 Å². The Bertz CT molecular complexity index is 832. The minimum Gasteiger partial charge on any atom is -0.497 e. The molecule has 0 aliphatic rings. The second kappa shape index (κ2) is 12.3. The van der Waals surface area contributed by atoms with Gasteiger partial charge in [-0.25, -0.2) is 0 Å². The first-order valence-electron chi connectivity index (χ1n) is 9.94. The van der Waals surface area contributed by atoms with Gasteiger partial charge in [0.25, 0.3) is 0 Å². The fourth-order valence-electron chi connectivity index (χ4n) is 2.60. The quantitative estimate of drug-likeness (QED) is 0.523. The van der Waals surface area contributed by atoms with Gasteiger partial charge in [0.2, 0.25) is 11.8 Å². The number of carbonyl (C=O) groups is 3. The van der Waals surface area contributed by atoms with Gasteiger partial charge in [-0.15, -0.1) is 0 Å². The maximum atomic E-state index is 12.2. The van der Waals surface area contributed by atoms with Crippen LogP contribution in [0.4, 0.5) is 0 Å². The predicted molar refractivity (Wildman–Crippen MR) is 114 cm³/mol. The van der Waals surface area contributed by atoms with Crippen LogP contribution in [0.15, 0.2) is 48.5 Å². The van der Waals surface area contributed by atoms with Crippen molar-refractivity contribution in [2.75, 3.05) is 20.3 Å². The lowest BCUT2D eigenvalue weighted by Crippen LogP contribution is -2.36. The Morgan fingerprint density at radius 1 is 0.833 bits per heavy atom. The molecule has 2 rings (SSSR count). The number of Topliss-reactive ketones (excluding diaryl/α,β-unsaturated/α-hetero) is 1. The number of hydrogen-bond acceptors (Lipinski definition) is 5. The van der Waals surface area contributed by atoms with Crippen LogP contribution in [0, 0.1) is 0 Å². The Labute approximate surface area is 176 Å². The molecule has 2 aromatic rings. The standard InChI is InChI=1S/C23H28N2O5/c1-3-14-30-20-10-6-18(7-11-20)21(26)12-13-22(27)25-16-23(28)24-15-17-4-8-19(29-2)9-5-17/h4-11H,3,12-16H2,1-2H3,(H,24,28)(H,25,27). The van der Waals surface area contributed by atoms with E-state index >= 15 is 0 Å². The summed E-state index contributed by atoms with van der Waals surface area (Å²) < 4.78 is 10.6. The molecular weight excluding hydrogens is 384 g/mol. The molecule has 0 spiro atoms. The second-order valence-electron chi connectivity index (χ2n) is 6.70. The molecule has 0 unspecified atom stereocenters. The zero-order valence-corrected chi connectivity index (χ0v) is 17.4. The Hall–Kier alpha value is -3.35. The maximum Gasteiger partial charge on any atom is 0.239 e. The summed E-state index contributed by atoms with van der Waals surface area (Å²) in [5, 5.41) is 5.26. The Kier molecular flexibility index (Phi) is 9.37. The number of rotatable bonds is 12. The van der Waals surface area contributed by atoms with E-state index in [1.807, 2.05) is 31.2 Å². The molecular formula is C23H28N2O5. The van der Waals surface area contributed by atoms with Gasteiger partial charge in [-0.1, -0.05) is 19.1 Å². The summed E-state index contributed by atoms with van der Waals surface area (Å²) in [6.07, 6.45) is 1.02. The van der Waals surface area contributed by atoms with Crippen molar-refractivity contribution in [1.82, 2.24) is 10.6 Å². The first kappa shape index (κ1) is 22.9. The fourth-order valence-corrected chi connectivity index (χ4v) is 2.60. The first-order valence-corrected chi connectivity index (χ1v) is 9.94. The Morgan fingerprint density at radius 3 is 2.13 bits per heavy atom. The topological polar surface area (TPSA) is 93.7 Å². The largest absolute Gasteiger partial charge is 0.497 e. The van der Waals surface area contributed by atoms with Crippen LogP contribution in [0.25, 0.3) is 0 Å². The Morgan fingerprint density at radius 2 is 1.50 bits per heavy atom. The van der Waals surface area contributed by atoms with E-state index in [0.29, 0.717) is 24.5 Å². The number of amides is 2. The van der Waals surface area contributed by atoms with Gasteiger partial charge in [-0.2, -0.15) is 0 Å². The predicted octanol–water partition coefficient (Wildman–Crippen LogP) is 2.88. The monoisotopic (exact) mass is 412 g/mol. The highest BCUT2D eigenvalue weighted by Crippen LogP contribution is 2.14. The summed E-state index contributed by atoms with van der Waals surface area (Å²) in [6, 6.07) is 14.2. The zero-order chi connectivity index (χ0) is 21.8. The molecule has 0 bridgehead atoms. The molecule has 0 radical (unpaired) electrons. The lowest BCUT2D eigenvalue weighted by Gasteiger charge is -2.08. The molecule has 2 aromatic carbocycles. The van der Waals surface area contributed by atoms with E-state index in [1.165, 1.54) is 0 Å². The van der Waals surface area contributed by atoms with Gasteiger partial charge in [0, 0.05) is 24.9 Å². The number of methoxy groups -OCH3 is 1. The Balaban J connectivity index is 1.65. The van der Waals surface area contributed by atoms with Crippen molar-refractivity contribution in [3.05, 3.63) is 59.7 Å². The van der Waals surface area contributed by atoms with Crippen LogP contribution in [0.2, 0.25) is 0 Å². The molecule has 0 atom stereocenters. The summed E-state index contributed by atoms with van der Waals surface area (Å²) in [6.45, 7) is 2.87. The molecule has 0 heterocycles. The summed E-state index contributed by atoms with van der Waals surface area (Å²) >= 11 is 0. The third-order valence-corrected chi connectivity index (χ3v) is 4.32. The van der Waals surface area contributed by atoms with Gasteiger partial charge in [0.1, 0.15) is 11.5 Å². The van der Waals surface area contributed by atoms with Crippen molar-refractivity contribution in [1.29, 1.82) is 0 Å². The molecule has 0 saturated heterocycles. The molecule has 0 aliphatic carbocycles. The molecule has 0 fully saturated rings. The molecule has 2 amide bonds. The molecule has 2 N–H and O–H groups in total. The van der Waals surface area contributed by atoms with Crippen molar-refractivity contribution >= 4 is 17.6 Å². The molecule has 7 heteroatoms. The van der Waals surface area contributed by atoms with Gasteiger partial charge in [0.15, 0.2) is 5.78 Å². The van der Waals surface area contributed by atoms with Crippen LogP contribution in [-0.4, -0.2) is 37.9 Å². The highest BCUT2D eigenvalue weighted by Gasteiger charge is 2.11. The normalized spacial score (nSPS) is 10.2. The third-order valence-electron chi connectivity index (χ3n) is 4.32. The number of nitrogens with one attached hydrogen (secondary N) is 2. The van der Waals surface area contributed by atoms with Gasteiger partial charge in [-0.3, -0.25) is 14.4 Å². The van der Waals surface area contributed by atoms with E-state index < -0.39 is 0 Å². The fraction of sp³-hybridized carbons (Fsp3) is 0.348. The van der Waals surface area contributed by atoms with Crippen molar-refractivity contribution in [3.63, 3.8) is 0 Å². The van der Waals surface area contributed by atoms with Crippen LogP contribution in [-0.2, 0) is 16.1 Å². The number of benzene rings is 2. The van der Waals surface area contributed by atoms with Crippen LogP contribution in [0.5, 0.6) is 11.5 Å². The maximum absolute atomic E-state index is 12.2. The highest BCUT2D eigenvalue weighted by molar-refractivity contribution is 5.98. The summed E-state index contributed by atoms with van der Waals surface area (Å²) in [5.74, 6) is 0.689. The van der Waals surface area contributed by atoms with E-state index in [1.54, 1.807) is 31.4 Å². The molecule has 30 heavy (non-hydrogen) atoms. The van der Waals surface area contributed by atoms with E-state index in [-0.39, 0.29) is 37.0 Å². The molecule has 0 aliphatic heterocycles. The lowest BCUT2D eigenvalue weighted by molar-refractivity contribution is -0.126. The average Bonchev–Trinajstić information content (AvgIpc) is 2.79. The van der Waals surface area contributed by atoms with E-state index in [4.69, 9.17) is 9.47 Å². The van der Waals surface area contributed by atoms with Crippen molar-refractivity contribution in [2.24, 2.45) is 0 Å². The second-order valence-corrected chi connectivity index (χ2v) is 6.70. The van der Waals surface area contributed by atoms with Crippen molar-refractivity contribution in [2.45, 2.75) is 32.7 Å². The van der Waals surface area contributed by atoms with Crippen LogP contribution >= 0.6 is 0 Å². The summed E-state index contributed by atoms with van der Waals surface area (Å²) in [5.41, 5.74) is 1.45. The highest BCUT2D eigenvalue weighted by atomic mass is 16.5. The molecule has 0 saturated carbocycles. The SMILES string of the molecule is CCCOc1ccc(C(=O)CCC(=O)NCC(=O)NCc2ccc(OC)cc2)cc1. The van der Waals surface area contributed by atoms with Gasteiger partial charge in [-0.05, 0) is 48.4 Å². The van der Waals surface area contributed by atoms with Crippen LogP contribution in [0.1, 0.15) is 42.1 Å². The lowest BCUT2D eigenvalue weighted by atomic mass is 10.1. The van der Waals surface area contributed by atoms with Crippen molar-refractivity contribution in [3.8, 4) is 11.5 Å². The van der Waals surface area contributed by atoms with E-state index in [0.717, 1.165) is 17.7 Å². The first-order chi connectivity index (χ1) is 14.5. The minimum absolute atomic E-state index is 0.0265. The number of ketones is 1. The van der Waals surface area contributed by atoms with Gasteiger partial charge < -0.3 is 20.1 Å². The summed E-state index contributed by atoms with van der Waals surface area (Å²) in [7, 11) is 1.59. The van der Waals surface area contributed by atoms with E-state index in [9.17, 15) is 14.4 Å². The smallest absolute Gasteiger partial charge is 0.239 e. The number of hydrogen-bond donors (Lipinski definition) is 2. The third kappa shape index (κ3) is 7.95. The van der Waals surface area contributed by atoms with Gasteiger partial charge >= 0.3 is 0 Å². The molecule has 0 aromatic heterocycles. The summed E-state index contributed by atoms with van der Waals surface area (Å²) in [4.78, 5) is 36.0.